The molecule has 0 saturated carbocycles. The van der Waals surface area contributed by atoms with Gasteiger partial charge in [-0.25, -0.2) is 0 Å². The Morgan fingerprint density at radius 2 is 1.78 bits per heavy atom. The highest BCUT2D eigenvalue weighted by molar-refractivity contribution is 6.33. The van der Waals surface area contributed by atoms with Crippen molar-refractivity contribution in [3.8, 4) is 11.5 Å². The average Bonchev–Trinajstić information content (AvgIpc) is 2.90. The van der Waals surface area contributed by atoms with Crippen molar-refractivity contribution in [2.24, 2.45) is 11.7 Å². The predicted molar refractivity (Wildman–Crippen MR) is 139 cm³/mol. The molecule has 0 spiro atoms. The molecule has 2 aromatic rings. The Hall–Kier alpha value is -2.65. The summed E-state index contributed by atoms with van der Waals surface area (Å²) in [5.41, 5.74) is 7.69. The lowest BCUT2D eigenvalue weighted by atomic mass is 9.90. The summed E-state index contributed by atoms with van der Waals surface area (Å²) in [6.07, 6.45) is -2.96. The SMILES string of the molecule is CCC(C)[C@H](N)c1cc(C(F)(F)F)ccc1N1CCN(C(=O)CCc2ccc(OC)c(OC)c2Cl)CC1. The number of methoxy groups -OCH3 is 2. The van der Waals surface area contributed by atoms with E-state index < -0.39 is 17.8 Å². The smallest absolute Gasteiger partial charge is 0.416 e. The van der Waals surface area contributed by atoms with Gasteiger partial charge in [0.05, 0.1) is 24.8 Å². The number of hydrogen-bond donors (Lipinski definition) is 1. The van der Waals surface area contributed by atoms with Crippen molar-refractivity contribution in [1.29, 1.82) is 0 Å². The number of benzene rings is 2. The van der Waals surface area contributed by atoms with Crippen molar-refractivity contribution >= 4 is 23.2 Å². The molecule has 2 aromatic carbocycles. The molecule has 6 nitrogen and oxygen atoms in total. The van der Waals surface area contributed by atoms with Gasteiger partial charge in [-0.05, 0) is 47.7 Å². The summed E-state index contributed by atoms with van der Waals surface area (Å²) in [6, 6.07) is 6.85. The van der Waals surface area contributed by atoms with E-state index in [2.05, 4.69) is 0 Å². The van der Waals surface area contributed by atoms with Gasteiger partial charge in [-0.2, -0.15) is 13.2 Å². The molecule has 1 fully saturated rings. The third-order valence-electron chi connectivity index (χ3n) is 7.12. The van der Waals surface area contributed by atoms with Crippen molar-refractivity contribution in [3.63, 3.8) is 0 Å². The molecule has 204 valence electrons. The maximum absolute atomic E-state index is 13.4. The standard InChI is InChI=1S/C27H35ClF3N3O3/c1-5-17(2)25(32)20-16-19(27(29,30)31)8-9-21(20)33-12-14-34(15-13-33)23(35)11-7-18-6-10-22(36-3)26(37-4)24(18)28/h6,8-10,16-17,25H,5,7,11-15,32H2,1-4H3/t17?,25-/m0/s1. The van der Waals surface area contributed by atoms with Crippen LogP contribution in [0.3, 0.4) is 0 Å². The van der Waals surface area contributed by atoms with E-state index in [-0.39, 0.29) is 18.2 Å². The Labute approximate surface area is 221 Å². The number of piperazine rings is 1. The number of ether oxygens (including phenoxy) is 2. The van der Waals surface area contributed by atoms with E-state index in [1.165, 1.54) is 26.4 Å². The number of carbonyl (C=O) groups excluding carboxylic acids is 1. The van der Waals surface area contributed by atoms with Crippen LogP contribution in [-0.2, 0) is 17.4 Å². The van der Waals surface area contributed by atoms with Crippen LogP contribution in [0.1, 0.15) is 49.4 Å². The number of aryl methyl sites for hydroxylation is 1. The summed E-state index contributed by atoms with van der Waals surface area (Å²) in [4.78, 5) is 16.7. The number of alkyl halides is 3. The van der Waals surface area contributed by atoms with Crippen LogP contribution in [0.25, 0.3) is 0 Å². The quantitative estimate of drug-likeness (QED) is 0.441. The molecule has 0 aliphatic carbocycles. The number of nitrogens with two attached hydrogens (primary N) is 1. The molecule has 3 rings (SSSR count). The minimum absolute atomic E-state index is 0.00514. The maximum Gasteiger partial charge on any atom is 0.416 e. The summed E-state index contributed by atoms with van der Waals surface area (Å²) in [5, 5.41) is 0.423. The summed E-state index contributed by atoms with van der Waals surface area (Å²) < 4.78 is 50.8. The van der Waals surface area contributed by atoms with Crippen LogP contribution in [0.5, 0.6) is 11.5 Å². The Morgan fingerprint density at radius 1 is 1.11 bits per heavy atom. The van der Waals surface area contributed by atoms with Gasteiger partial charge >= 0.3 is 6.18 Å². The van der Waals surface area contributed by atoms with Crippen LogP contribution < -0.4 is 20.1 Å². The molecule has 1 amide bonds. The first-order valence-corrected chi connectivity index (χ1v) is 12.8. The molecule has 2 atom stereocenters. The van der Waals surface area contributed by atoms with E-state index in [9.17, 15) is 18.0 Å². The number of nitrogens with zero attached hydrogens (tertiary/aromatic N) is 2. The van der Waals surface area contributed by atoms with Crippen molar-refractivity contribution < 1.29 is 27.4 Å². The molecule has 1 saturated heterocycles. The highest BCUT2D eigenvalue weighted by atomic mass is 35.5. The zero-order valence-corrected chi connectivity index (χ0v) is 22.5. The van der Waals surface area contributed by atoms with Gasteiger partial charge in [0.1, 0.15) is 0 Å². The van der Waals surface area contributed by atoms with Gasteiger partial charge in [0.15, 0.2) is 11.5 Å². The summed E-state index contributed by atoms with van der Waals surface area (Å²) in [6.45, 7) is 5.87. The minimum atomic E-state index is -4.44. The van der Waals surface area contributed by atoms with Gasteiger partial charge in [0.2, 0.25) is 5.91 Å². The fourth-order valence-corrected chi connectivity index (χ4v) is 4.89. The second kappa shape index (κ2) is 12.3. The highest BCUT2D eigenvalue weighted by Crippen LogP contribution is 2.39. The lowest BCUT2D eigenvalue weighted by molar-refractivity contribution is -0.137. The maximum atomic E-state index is 13.4. The molecule has 0 radical (unpaired) electrons. The van der Waals surface area contributed by atoms with E-state index in [0.717, 1.165) is 18.1 Å². The molecule has 0 bridgehead atoms. The van der Waals surface area contributed by atoms with Crippen LogP contribution >= 0.6 is 11.6 Å². The zero-order chi connectivity index (χ0) is 27.3. The Balaban J connectivity index is 1.68. The lowest BCUT2D eigenvalue weighted by Gasteiger charge is -2.38. The highest BCUT2D eigenvalue weighted by Gasteiger charge is 2.33. The molecule has 0 aromatic heterocycles. The van der Waals surface area contributed by atoms with E-state index >= 15 is 0 Å². The van der Waals surface area contributed by atoms with Gasteiger partial charge in [-0.3, -0.25) is 4.79 Å². The number of carbonyl (C=O) groups is 1. The zero-order valence-electron chi connectivity index (χ0n) is 21.7. The van der Waals surface area contributed by atoms with Gasteiger partial charge in [-0.1, -0.05) is 37.9 Å². The summed E-state index contributed by atoms with van der Waals surface area (Å²) in [7, 11) is 3.04. The predicted octanol–water partition coefficient (Wildman–Crippen LogP) is 5.70. The number of halogens is 4. The normalized spacial score (nSPS) is 15.9. The summed E-state index contributed by atoms with van der Waals surface area (Å²) >= 11 is 6.44. The fraction of sp³-hybridized carbons (Fsp3) is 0.519. The van der Waals surface area contributed by atoms with Crippen molar-refractivity contribution in [3.05, 3.63) is 52.0 Å². The van der Waals surface area contributed by atoms with E-state index in [4.69, 9.17) is 26.8 Å². The Morgan fingerprint density at radius 3 is 2.35 bits per heavy atom. The third-order valence-corrected chi connectivity index (χ3v) is 7.53. The van der Waals surface area contributed by atoms with Crippen LogP contribution in [0, 0.1) is 5.92 Å². The first-order chi connectivity index (χ1) is 17.5. The molecule has 1 aliphatic heterocycles. The molecular formula is C27H35ClF3N3O3. The molecule has 1 heterocycles. The molecule has 2 N–H and O–H groups in total. The molecule has 1 unspecified atom stereocenters. The van der Waals surface area contributed by atoms with Crippen LogP contribution in [0.2, 0.25) is 5.02 Å². The lowest BCUT2D eigenvalue weighted by Crippen LogP contribution is -2.49. The Bertz CT molecular complexity index is 1090. The fourth-order valence-electron chi connectivity index (χ4n) is 4.57. The number of amides is 1. The average molecular weight is 542 g/mol. The third kappa shape index (κ3) is 6.62. The van der Waals surface area contributed by atoms with Gasteiger partial charge < -0.3 is 25.0 Å². The number of rotatable bonds is 9. The first-order valence-electron chi connectivity index (χ1n) is 12.4. The van der Waals surface area contributed by atoms with Gasteiger partial charge in [0, 0.05) is 44.3 Å². The molecule has 10 heteroatoms. The number of anilines is 1. The van der Waals surface area contributed by atoms with Crippen molar-refractivity contribution in [1.82, 2.24) is 4.90 Å². The van der Waals surface area contributed by atoms with Gasteiger partial charge in [-0.15, -0.1) is 0 Å². The second-order valence-electron chi connectivity index (χ2n) is 9.32. The second-order valence-corrected chi connectivity index (χ2v) is 9.70. The van der Waals surface area contributed by atoms with E-state index in [1.54, 1.807) is 11.0 Å². The van der Waals surface area contributed by atoms with E-state index in [1.807, 2.05) is 24.8 Å². The molecule has 1 aliphatic rings. The topological polar surface area (TPSA) is 68.0 Å². The van der Waals surface area contributed by atoms with Crippen molar-refractivity contribution in [2.45, 2.75) is 45.3 Å². The largest absolute Gasteiger partial charge is 0.493 e. The van der Waals surface area contributed by atoms with Crippen LogP contribution in [0.4, 0.5) is 18.9 Å². The first kappa shape index (κ1) is 28.9. The number of hydrogen-bond acceptors (Lipinski definition) is 5. The molecular weight excluding hydrogens is 507 g/mol. The molecule has 37 heavy (non-hydrogen) atoms. The van der Waals surface area contributed by atoms with Crippen molar-refractivity contribution in [2.75, 3.05) is 45.3 Å². The van der Waals surface area contributed by atoms with E-state index in [0.29, 0.717) is 60.4 Å². The monoisotopic (exact) mass is 541 g/mol. The summed E-state index contributed by atoms with van der Waals surface area (Å²) in [5.74, 6) is 0.975. The van der Waals surface area contributed by atoms with Gasteiger partial charge in [0.25, 0.3) is 0 Å². The van der Waals surface area contributed by atoms with Crippen LogP contribution in [0.15, 0.2) is 30.3 Å². The minimum Gasteiger partial charge on any atom is -0.493 e. The Kier molecular flexibility index (Phi) is 9.58. The van der Waals surface area contributed by atoms with Crippen LogP contribution in [-0.4, -0.2) is 51.2 Å².